The second-order valence-corrected chi connectivity index (χ2v) is 4.28. The van der Waals surface area contributed by atoms with Crippen LogP contribution in [-0.4, -0.2) is 51.3 Å². The molecular formula is C11H24N2O. The minimum atomic E-state index is 0.721. The third-order valence-corrected chi connectivity index (χ3v) is 3.33. The van der Waals surface area contributed by atoms with Crippen molar-refractivity contribution in [3.63, 3.8) is 0 Å². The fourth-order valence-electron chi connectivity index (χ4n) is 2.24. The molecule has 1 saturated carbocycles. The van der Waals surface area contributed by atoms with Crippen LogP contribution >= 0.6 is 0 Å². The highest BCUT2D eigenvalue weighted by atomic mass is 16.5. The number of methoxy groups -OCH3 is 1. The van der Waals surface area contributed by atoms with Crippen LogP contribution in [0.4, 0.5) is 0 Å². The zero-order valence-electron chi connectivity index (χ0n) is 9.75. The van der Waals surface area contributed by atoms with Crippen molar-refractivity contribution in [1.82, 2.24) is 10.2 Å². The zero-order chi connectivity index (χ0) is 10.4. The summed E-state index contributed by atoms with van der Waals surface area (Å²) in [5.41, 5.74) is 0. The van der Waals surface area contributed by atoms with Crippen LogP contribution in [0.25, 0.3) is 0 Å². The van der Waals surface area contributed by atoms with Crippen molar-refractivity contribution in [1.29, 1.82) is 0 Å². The normalized spacial score (nSPS) is 28.3. The molecule has 0 aromatic carbocycles. The van der Waals surface area contributed by atoms with Gasteiger partial charge in [0.25, 0.3) is 0 Å². The molecule has 0 radical (unpaired) electrons. The summed E-state index contributed by atoms with van der Waals surface area (Å²) >= 11 is 0. The first-order valence-corrected chi connectivity index (χ1v) is 5.64. The number of ether oxygens (including phenoxy) is 1. The quantitative estimate of drug-likeness (QED) is 0.719. The van der Waals surface area contributed by atoms with Gasteiger partial charge in [-0.2, -0.15) is 0 Å². The van der Waals surface area contributed by atoms with Gasteiger partial charge in [-0.3, -0.25) is 0 Å². The number of hydrogen-bond donors (Lipinski definition) is 1. The molecule has 1 aliphatic carbocycles. The minimum Gasteiger partial charge on any atom is -0.383 e. The minimum absolute atomic E-state index is 0.721. The molecule has 1 fully saturated rings. The van der Waals surface area contributed by atoms with Gasteiger partial charge in [0.1, 0.15) is 0 Å². The molecule has 3 nitrogen and oxygen atoms in total. The van der Waals surface area contributed by atoms with Gasteiger partial charge < -0.3 is 15.0 Å². The molecular weight excluding hydrogens is 176 g/mol. The summed E-state index contributed by atoms with van der Waals surface area (Å²) in [6.07, 6.45) is 5.33. The molecule has 2 unspecified atom stereocenters. The van der Waals surface area contributed by atoms with Gasteiger partial charge >= 0.3 is 0 Å². The molecule has 3 heteroatoms. The van der Waals surface area contributed by atoms with Crippen LogP contribution in [0.2, 0.25) is 0 Å². The van der Waals surface area contributed by atoms with Gasteiger partial charge in [0.15, 0.2) is 0 Å². The van der Waals surface area contributed by atoms with Crippen molar-refractivity contribution in [3.05, 3.63) is 0 Å². The van der Waals surface area contributed by atoms with Crippen LogP contribution in [0.1, 0.15) is 25.7 Å². The van der Waals surface area contributed by atoms with E-state index in [-0.39, 0.29) is 0 Å². The van der Waals surface area contributed by atoms with Crippen molar-refractivity contribution < 1.29 is 4.74 Å². The van der Waals surface area contributed by atoms with Crippen LogP contribution in [0.3, 0.4) is 0 Å². The fourth-order valence-corrected chi connectivity index (χ4v) is 2.24. The Hall–Kier alpha value is -0.120. The van der Waals surface area contributed by atoms with E-state index in [2.05, 4.69) is 24.3 Å². The number of rotatable bonds is 5. The average molecular weight is 200 g/mol. The smallest absolute Gasteiger partial charge is 0.0589 e. The van der Waals surface area contributed by atoms with E-state index in [1.165, 1.54) is 25.7 Å². The van der Waals surface area contributed by atoms with E-state index in [9.17, 15) is 0 Å². The van der Waals surface area contributed by atoms with Crippen molar-refractivity contribution in [2.24, 2.45) is 0 Å². The highest BCUT2D eigenvalue weighted by molar-refractivity contribution is 4.81. The average Bonchev–Trinajstić information content (AvgIpc) is 2.26. The molecule has 0 spiro atoms. The van der Waals surface area contributed by atoms with E-state index in [1.807, 2.05) is 0 Å². The summed E-state index contributed by atoms with van der Waals surface area (Å²) in [5.74, 6) is 0. The van der Waals surface area contributed by atoms with Gasteiger partial charge in [-0.1, -0.05) is 6.42 Å². The van der Waals surface area contributed by atoms with Crippen LogP contribution in [0, 0.1) is 0 Å². The van der Waals surface area contributed by atoms with Gasteiger partial charge in [0, 0.05) is 25.7 Å². The Morgan fingerprint density at radius 3 is 2.86 bits per heavy atom. The predicted octanol–water partition coefficient (Wildman–Crippen LogP) is 1.10. The van der Waals surface area contributed by atoms with E-state index in [1.54, 1.807) is 7.11 Å². The first-order valence-electron chi connectivity index (χ1n) is 5.64. The summed E-state index contributed by atoms with van der Waals surface area (Å²) in [6.45, 7) is 1.90. The fraction of sp³-hybridized carbons (Fsp3) is 1.00. The molecule has 1 rings (SSSR count). The Kier molecular flexibility index (Phi) is 5.45. The van der Waals surface area contributed by atoms with E-state index >= 15 is 0 Å². The molecule has 84 valence electrons. The van der Waals surface area contributed by atoms with E-state index < -0.39 is 0 Å². The number of likely N-dealkylation sites (N-methyl/N-ethyl adjacent to an activating group) is 1. The first kappa shape index (κ1) is 12.0. The lowest BCUT2D eigenvalue weighted by atomic mass is 9.90. The van der Waals surface area contributed by atoms with Gasteiger partial charge in [0.05, 0.1) is 6.61 Å². The Bertz CT molecular complexity index is 152. The molecule has 0 aliphatic heterocycles. The monoisotopic (exact) mass is 200 g/mol. The molecule has 0 heterocycles. The summed E-state index contributed by atoms with van der Waals surface area (Å²) in [7, 11) is 6.05. The molecule has 14 heavy (non-hydrogen) atoms. The zero-order valence-corrected chi connectivity index (χ0v) is 9.75. The molecule has 0 aromatic heterocycles. The molecule has 0 bridgehead atoms. The number of hydrogen-bond acceptors (Lipinski definition) is 3. The highest BCUT2D eigenvalue weighted by Gasteiger charge is 2.23. The lowest BCUT2D eigenvalue weighted by Gasteiger charge is -2.35. The molecule has 0 aromatic rings. The van der Waals surface area contributed by atoms with Crippen LogP contribution in [-0.2, 0) is 4.74 Å². The summed E-state index contributed by atoms with van der Waals surface area (Å²) in [4.78, 5) is 2.44. The van der Waals surface area contributed by atoms with Crippen molar-refractivity contribution in [2.45, 2.75) is 37.8 Å². The largest absolute Gasteiger partial charge is 0.383 e. The number of nitrogens with one attached hydrogen (secondary N) is 1. The van der Waals surface area contributed by atoms with Crippen LogP contribution < -0.4 is 5.32 Å². The maximum absolute atomic E-state index is 5.10. The molecule has 0 amide bonds. The highest BCUT2D eigenvalue weighted by Crippen LogP contribution is 2.21. The summed E-state index contributed by atoms with van der Waals surface area (Å²) in [6, 6.07) is 1.47. The van der Waals surface area contributed by atoms with Crippen molar-refractivity contribution >= 4 is 0 Å². The Labute approximate surface area is 87.8 Å². The Morgan fingerprint density at radius 2 is 2.21 bits per heavy atom. The topological polar surface area (TPSA) is 24.5 Å². The molecule has 1 aliphatic rings. The van der Waals surface area contributed by atoms with E-state index in [4.69, 9.17) is 4.74 Å². The lowest BCUT2D eigenvalue weighted by Crippen LogP contribution is -2.42. The molecule has 0 saturated heterocycles. The van der Waals surface area contributed by atoms with Gasteiger partial charge in [-0.05, 0) is 33.4 Å². The number of nitrogens with zero attached hydrogens (tertiary/aromatic N) is 1. The maximum Gasteiger partial charge on any atom is 0.0589 e. The molecule has 2 atom stereocenters. The summed E-state index contributed by atoms with van der Waals surface area (Å²) < 4.78 is 5.10. The Balaban J connectivity index is 2.27. The molecule has 1 N–H and O–H groups in total. The second kappa shape index (κ2) is 6.38. The lowest BCUT2D eigenvalue weighted by molar-refractivity contribution is 0.116. The van der Waals surface area contributed by atoms with Gasteiger partial charge in [-0.25, -0.2) is 0 Å². The SMILES string of the molecule is CNC1CCCC(N(C)CCOC)C1. The van der Waals surface area contributed by atoms with Crippen LogP contribution in [0.5, 0.6) is 0 Å². The van der Waals surface area contributed by atoms with Crippen molar-refractivity contribution in [2.75, 3.05) is 34.4 Å². The maximum atomic E-state index is 5.10. The standard InChI is InChI=1S/C11H24N2O/c1-12-10-5-4-6-11(9-10)13(2)7-8-14-3/h10-12H,4-9H2,1-3H3. The Morgan fingerprint density at radius 1 is 1.43 bits per heavy atom. The predicted molar refractivity (Wildman–Crippen MR) is 59.6 cm³/mol. The second-order valence-electron chi connectivity index (χ2n) is 4.28. The first-order chi connectivity index (χ1) is 6.77. The third-order valence-electron chi connectivity index (χ3n) is 3.33. The van der Waals surface area contributed by atoms with Crippen molar-refractivity contribution in [3.8, 4) is 0 Å². The van der Waals surface area contributed by atoms with E-state index in [0.717, 1.165) is 25.2 Å². The van der Waals surface area contributed by atoms with E-state index in [0.29, 0.717) is 0 Å². The van der Waals surface area contributed by atoms with Crippen LogP contribution in [0.15, 0.2) is 0 Å². The summed E-state index contributed by atoms with van der Waals surface area (Å²) in [5, 5.41) is 3.39. The van der Waals surface area contributed by atoms with Gasteiger partial charge in [-0.15, -0.1) is 0 Å². The van der Waals surface area contributed by atoms with Gasteiger partial charge in [0.2, 0.25) is 0 Å². The third kappa shape index (κ3) is 3.56.